The lowest BCUT2D eigenvalue weighted by Gasteiger charge is -2.32. The first-order valence-electron chi connectivity index (χ1n) is 9.39. The number of hydrogen-bond donors (Lipinski definition) is 0. The summed E-state index contributed by atoms with van der Waals surface area (Å²) in [4.78, 5) is 24.9. The molecule has 0 spiro atoms. The van der Waals surface area contributed by atoms with Gasteiger partial charge in [-0.3, -0.25) is 4.79 Å². The van der Waals surface area contributed by atoms with Crippen molar-refractivity contribution in [1.82, 2.24) is 4.31 Å². The molecule has 1 aliphatic heterocycles. The Morgan fingerprint density at radius 3 is 2.63 bits per heavy atom. The van der Waals surface area contributed by atoms with Crippen LogP contribution in [-0.4, -0.2) is 50.8 Å². The molecule has 1 saturated heterocycles. The van der Waals surface area contributed by atoms with Crippen molar-refractivity contribution >= 4 is 44.7 Å². The Balaban J connectivity index is 1.81. The Labute approximate surface area is 184 Å². The highest BCUT2D eigenvalue weighted by molar-refractivity contribution is 7.89. The second kappa shape index (κ2) is 9.47. The van der Waals surface area contributed by atoms with E-state index in [0.717, 1.165) is 30.6 Å². The third-order valence-corrected chi connectivity index (χ3v) is 8.22. The van der Waals surface area contributed by atoms with Crippen LogP contribution in [0.3, 0.4) is 0 Å². The Kier molecular flexibility index (Phi) is 7.18. The van der Waals surface area contributed by atoms with Crippen molar-refractivity contribution in [2.45, 2.75) is 37.1 Å². The van der Waals surface area contributed by atoms with E-state index in [1.165, 1.54) is 29.6 Å². The van der Waals surface area contributed by atoms with Crippen LogP contribution in [0, 0.1) is 0 Å². The summed E-state index contributed by atoms with van der Waals surface area (Å²) in [7, 11) is -2.49. The minimum absolute atomic E-state index is 0.0241. The fourth-order valence-corrected chi connectivity index (χ4v) is 6.16. The van der Waals surface area contributed by atoms with Crippen molar-refractivity contribution in [3.8, 4) is 5.75 Å². The maximum atomic E-state index is 13.2. The van der Waals surface area contributed by atoms with E-state index in [9.17, 15) is 18.0 Å². The average Bonchev–Trinajstić information content (AvgIpc) is 3.17. The Hall–Kier alpha value is -1.94. The Morgan fingerprint density at radius 1 is 1.23 bits per heavy atom. The monoisotopic (exact) mass is 471 g/mol. The van der Waals surface area contributed by atoms with Gasteiger partial charge in [0.15, 0.2) is 6.61 Å². The van der Waals surface area contributed by atoms with Crippen LogP contribution in [0.2, 0.25) is 4.34 Å². The SMILES string of the molecule is COc1ccc(C(=O)OCC(=O)c2ccc(Cl)s2)cc1S(=O)(=O)N1CCCC[C@@H]1C. The van der Waals surface area contributed by atoms with Crippen molar-refractivity contribution in [2.24, 2.45) is 0 Å². The molecule has 0 unspecified atom stereocenters. The Morgan fingerprint density at radius 2 is 2.00 bits per heavy atom. The molecule has 0 N–H and O–H groups in total. The highest BCUT2D eigenvalue weighted by atomic mass is 35.5. The predicted molar refractivity (Wildman–Crippen MR) is 114 cm³/mol. The summed E-state index contributed by atoms with van der Waals surface area (Å²) in [5.74, 6) is -1.03. The van der Waals surface area contributed by atoms with Gasteiger partial charge in [-0.15, -0.1) is 11.3 Å². The number of ketones is 1. The second-order valence-corrected chi connectivity index (χ2v) is 10.5. The normalized spacial score (nSPS) is 17.5. The smallest absolute Gasteiger partial charge is 0.338 e. The van der Waals surface area contributed by atoms with Gasteiger partial charge in [-0.1, -0.05) is 18.0 Å². The largest absolute Gasteiger partial charge is 0.495 e. The van der Waals surface area contributed by atoms with Gasteiger partial charge in [0, 0.05) is 12.6 Å². The Bertz CT molecular complexity index is 1050. The van der Waals surface area contributed by atoms with Crippen LogP contribution >= 0.6 is 22.9 Å². The lowest BCUT2D eigenvalue weighted by molar-refractivity contribution is 0.0475. The average molecular weight is 472 g/mol. The first-order valence-corrected chi connectivity index (χ1v) is 12.0. The van der Waals surface area contributed by atoms with Crippen molar-refractivity contribution in [3.63, 3.8) is 0 Å². The summed E-state index contributed by atoms with van der Waals surface area (Å²) in [6.45, 7) is 1.82. The molecule has 10 heteroatoms. The van der Waals surface area contributed by atoms with Gasteiger partial charge in [0.25, 0.3) is 0 Å². The van der Waals surface area contributed by atoms with Crippen LogP contribution in [0.4, 0.5) is 0 Å². The highest BCUT2D eigenvalue weighted by Crippen LogP contribution is 2.32. The van der Waals surface area contributed by atoms with Crippen LogP contribution in [0.1, 0.15) is 46.2 Å². The van der Waals surface area contributed by atoms with Crippen LogP contribution < -0.4 is 4.74 Å². The zero-order valence-corrected chi connectivity index (χ0v) is 19.0. The molecule has 1 aromatic heterocycles. The van der Waals surface area contributed by atoms with Crippen molar-refractivity contribution in [2.75, 3.05) is 20.3 Å². The molecule has 1 fully saturated rings. The molecule has 3 rings (SSSR count). The standard InChI is InChI=1S/C20H22ClNO6S2/c1-13-5-3-4-10-22(13)30(25,26)18-11-14(6-7-16(18)27-2)20(24)28-12-15(23)17-8-9-19(21)29-17/h6-9,11,13H,3-5,10,12H2,1-2H3/t13-/m0/s1. The molecule has 0 radical (unpaired) electrons. The van der Waals surface area contributed by atoms with E-state index in [-0.39, 0.29) is 28.0 Å². The van der Waals surface area contributed by atoms with Crippen molar-refractivity contribution < 1.29 is 27.5 Å². The van der Waals surface area contributed by atoms with E-state index in [4.69, 9.17) is 21.1 Å². The molecule has 2 aromatic rings. The van der Waals surface area contributed by atoms with E-state index in [1.54, 1.807) is 12.1 Å². The minimum atomic E-state index is -3.86. The lowest BCUT2D eigenvalue weighted by Crippen LogP contribution is -2.42. The fourth-order valence-electron chi connectivity index (χ4n) is 3.31. The number of esters is 1. The van der Waals surface area contributed by atoms with Gasteiger partial charge >= 0.3 is 5.97 Å². The van der Waals surface area contributed by atoms with Gasteiger partial charge in [0.05, 0.1) is 21.9 Å². The molecule has 1 atom stereocenters. The first-order chi connectivity index (χ1) is 14.2. The number of carbonyl (C=O) groups is 2. The molecule has 0 aliphatic carbocycles. The van der Waals surface area contributed by atoms with Crippen molar-refractivity contribution in [1.29, 1.82) is 0 Å². The number of rotatable bonds is 7. The number of piperidine rings is 1. The maximum Gasteiger partial charge on any atom is 0.338 e. The molecule has 1 aromatic carbocycles. The van der Waals surface area contributed by atoms with Crippen LogP contribution in [0.5, 0.6) is 5.75 Å². The lowest BCUT2D eigenvalue weighted by atomic mass is 10.1. The number of hydrogen-bond acceptors (Lipinski definition) is 7. The van der Waals surface area contributed by atoms with Crippen LogP contribution in [-0.2, 0) is 14.8 Å². The van der Waals surface area contributed by atoms with Gasteiger partial charge in [-0.2, -0.15) is 4.31 Å². The van der Waals surface area contributed by atoms with E-state index in [0.29, 0.717) is 15.8 Å². The summed E-state index contributed by atoms with van der Waals surface area (Å²) in [6, 6.07) is 7.07. The topological polar surface area (TPSA) is 90.0 Å². The molecular weight excluding hydrogens is 450 g/mol. The fraction of sp³-hybridized carbons (Fsp3) is 0.400. The molecule has 162 valence electrons. The van der Waals surface area contributed by atoms with Gasteiger partial charge in [-0.25, -0.2) is 13.2 Å². The minimum Gasteiger partial charge on any atom is -0.495 e. The summed E-state index contributed by atoms with van der Waals surface area (Å²) in [6.07, 6.45) is 2.53. The van der Waals surface area contributed by atoms with Crippen molar-refractivity contribution in [3.05, 3.63) is 45.1 Å². The number of ether oxygens (including phenoxy) is 2. The number of sulfonamides is 1. The summed E-state index contributed by atoms with van der Waals surface area (Å²) in [5.41, 5.74) is 0.0241. The predicted octanol–water partition coefficient (Wildman–Crippen LogP) is 4.01. The summed E-state index contributed by atoms with van der Waals surface area (Å²) in [5, 5.41) is 0. The van der Waals surface area contributed by atoms with E-state index in [2.05, 4.69) is 0 Å². The van der Waals surface area contributed by atoms with E-state index in [1.807, 2.05) is 6.92 Å². The maximum absolute atomic E-state index is 13.2. The highest BCUT2D eigenvalue weighted by Gasteiger charge is 2.33. The molecular formula is C20H22ClNO6S2. The number of methoxy groups -OCH3 is 1. The third-order valence-electron chi connectivity index (χ3n) is 4.91. The van der Waals surface area contributed by atoms with Gasteiger partial charge < -0.3 is 9.47 Å². The third kappa shape index (κ3) is 4.85. The van der Waals surface area contributed by atoms with E-state index >= 15 is 0 Å². The van der Waals surface area contributed by atoms with E-state index < -0.39 is 22.6 Å². The number of thiophene rings is 1. The molecule has 0 bridgehead atoms. The quantitative estimate of drug-likeness (QED) is 0.447. The number of Topliss-reactive ketones (excluding diaryl/α,β-unsaturated/α-hetero) is 1. The first kappa shape index (κ1) is 22.7. The van der Waals surface area contributed by atoms with Gasteiger partial charge in [0.1, 0.15) is 10.6 Å². The zero-order chi connectivity index (χ0) is 21.9. The number of benzene rings is 1. The second-order valence-electron chi connectivity index (χ2n) is 6.93. The summed E-state index contributed by atoms with van der Waals surface area (Å²) >= 11 is 6.91. The summed E-state index contributed by atoms with van der Waals surface area (Å²) < 4.78 is 38.7. The van der Waals surface area contributed by atoms with Crippen LogP contribution in [0.25, 0.3) is 0 Å². The zero-order valence-electron chi connectivity index (χ0n) is 16.6. The number of nitrogens with zero attached hydrogens (tertiary/aromatic N) is 1. The number of halogens is 1. The van der Waals surface area contributed by atoms with Gasteiger partial charge in [0.2, 0.25) is 15.8 Å². The molecule has 2 heterocycles. The van der Waals surface area contributed by atoms with Gasteiger partial charge in [-0.05, 0) is 50.1 Å². The molecule has 7 nitrogen and oxygen atoms in total. The van der Waals surface area contributed by atoms with Crippen LogP contribution in [0.15, 0.2) is 35.2 Å². The molecule has 1 aliphatic rings. The molecule has 0 amide bonds. The number of carbonyl (C=O) groups excluding carboxylic acids is 2. The molecule has 30 heavy (non-hydrogen) atoms. The molecule has 0 saturated carbocycles.